The van der Waals surface area contributed by atoms with Gasteiger partial charge < -0.3 is 5.73 Å². The fraction of sp³-hybridized carbons (Fsp3) is 0.333. The minimum Gasteiger partial charge on any atom is -0.366 e. The number of carbonyl (C=O) groups is 2. The molecule has 1 heterocycles. The first-order chi connectivity index (χ1) is 8.18. The van der Waals surface area contributed by atoms with Crippen LogP contribution in [0, 0.1) is 0 Å². The van der Waals surface area contributed by atoms with Crippen LogP contribution in [0.25, 0.3) is 0 Å². The highest BCUT2D eigenvalue weighted by Gasteiger charge is 2.17. The van der Waals surface area contributed by atoms with Crippen molar-refractivity contribution in [2.24, 2.45) is 5.73 Å². The van der Waals surface area contributed by atoms with Crippen LogP contribution in [-0.4, -0.2) is 29.9 Å². The van der Waals surface area contributed by atoms with Crippen molar-refractivity contribution in [1.29, 1.82) is 0 Å². The number of primary amides is 1. The fourth-order valence-corrected chi connectivity index (χ4v) is 1.79. The standard InChI is InChI=1S/C12H15N3O2/c13-11(16)9-3-5-10(6-4-9)12(17)15-8-2-1-7-14-15/h3-6,14H,1-2,7-8H2,(H2,13,16). The minimum absolute atomic E-state index is 0.0688. The summed E-state index contributed by atoms with van der Waals surface area (Å²) in [6.45, 7) is 1.54. The predicted molar refractivity (Wildman–Crippen MR) is 63.2 cm³/mol. The van der Waals surface area contributed by atoms with E-state index in [0.29, 0.717) is 11.1 Å². The van der Waals surface area contributed by atoms with Crippen LogP contribution in [0.2, 0.25) is 0 Å². The number of hydrogen-bond acceptors (Lipinski definition) is 3. The zero-order valence-electron chi connectivity index (χ0n) is 9.48. The molecule has 90 valence electrons. The van der Waals surface area contributed by atoms with Gasteiger partial charge in [0.05, 0.1) is 0 Å². The van der Waals surface area contributed by atoms with Gasteiger partial charge in [-0.3, -0.25) is 14.6 Å². The van der Waals surface area contributed by atoms with Gasteiger partial charge in [0, 0.05) is 24.2 Å². The molecule has 5 nitrogen and oxygen atoms in total. The van der Waals surface area contributed by atoms with E-state index in [4.69, 9.17) is 5.73 Å². The number of amides is 2. The van der Waals surface area contributed by atoms with Gasteiger partial charge in [-0.1, -0.05) is 0 Å². The molecular formula is C12H15N3O2. The maximum absolute atomic E-state index is 12.0. The molecule has 1 fully saturated rings. The van der Waals surface area contributed by atoms with Crippen LogP contribution in [0.4, 0.5) is 0 Å². The summed E-state index contributed by atoms with van der Waals surface area (Å²) in [6.07, 6.45) is 2.10. The Kier molecular flexibility index (Phi) is 3.39. The zero-order chi connectivity index (χ0) is 12.3. The summed E-state index contributed by atoms with van der Waals surface area (Å²) in [5.41, 5.74) is 9.15. The molecule has 5 heteroatoms. The summed E-state index contributed by atoms with van der Waals surface area (Å²) in [6, 6.07) is 6.39. The second-order valence-electron chi connectivity index (χ2n) is 4.01. The topological polar surface area (TPSA) is 75.4 Å². The smallest absolute Gasteiger partial charge is 0.267 e. The molecule has 2 rings (SSSR count). The summed E-state index contributed by atoms with van der Waals surface area (Å²) >= 11 is 0. The van der Waals surface area contributed by atoms with Crippen molar-refractivity contribution in [2.45, 2.75) is 12.8 Å². The number of nitrogens with two attached hydrogens (primary N) is 1. The van der Waals surface area contributed by atoms with Crippen LogP contribution >= 0.6 is 0 Å². The van der Waals surface area contributed by atoms with Crippen LogP contribution in [0.1, 0.15) is 33.6 Å². The van der Waals surface area contributed by atoms with Crippen molar-refractivity contribution in [3.05, 3.63) is 35.4 Å². The third-order valence-corrected chi connectivity index (χ3v) is 2.77. The van der Waals surface area contributed by atoms with E-state index in [2.05, 4.69) is 5.43 Å². The summed E-state index contributed by atoms with van der Waals surface area (Å²) in [5, 5.41) is 1.61. The number of carbonyl (C=O) groups excluding carboxylic acids is 2. The second kappa shape index (κ2) is 4.97. The monoisotopic (exact) mass is 233 g/mol. The number of hydrazine groups is 1. The largest absolute Gasteiger partial charge is 0.366 e. The van der Waals surface area contributed by atoms with E-state index in [1.807, 2.05) is 0 Å². The number of benzene rings is 1. The summed E-state index contributed by atoms with van der Waals surface area (Å²) in [4.78, 5) is 22.9. The van der Waals surface area contributed by atoms with E-state index in [1.54, 1.807) is 29.3 Å². The lowest BCUT2D eigenvalue weighted by molar-refractivity contribution is 0.0610. The van der Waals surface area contributed by atoms with Crippen LogP contribution in [0.3, 0.4) is 0 Å². The quantitative estimate of drug-likeness (QED) is 0.782. The van der Waals surface area contributed by atoms with E-state index < -0.39 is 5.91 Å². The summed E-state index contributed by atoms with van der Waals surface area (Å²) < 4.78 is 0. The van der Waals surface area contributed by atoms with Crippen LogP contribution in [0.5, 0.6) is 0 Å². The molecule has 0 aliphatic carbocycles. The lowest BCUT2D eigenvalue weighted by atomic mass is 10.1. The van der Waals surface area contributed by atoms with E-state index in [0.717, 1.165) is 25.9 Å². The first-order valence-corrected chi connectivity index (χ1v) is 5.64. The maximum Gasteiger partial charge on any atom is 0.267 e. The van der Waals surface area contributed by atoms with Crippen molar-refractivity contribution < 1.29 is 9.59 Å². The molecule has 1 saturated heterocycles. The number of hydrogen-bond donors (Lipinski definition) is 2. The van der Waals surface area contributed by atoms with Crippen molar-refractivity contribution in [3.8, 4) is 0 Å². The Morgan fingerprint density at radius 3 is 2.29 bits per heavy atom. The molecule has 0 unspecified atom stereocenters. The van der Waals surface area contributed by atoms with Gasteiger partial charge >= 0.3 is 0 Å². The Labute approximate surface area is 99.6 Å². The second-order valence-corrected chi connectivity index (χ2v) is 4.01. The normalized spacial score (nSPS) is 15.6. The Bertz CT molecular complexity index is 422. The van der Waals surface area contributed by atoms with E-state index in [9.17, 15) is 9.59 Å². The van der Waals surface area contributed by atoms with Crippen LogP contribution < -0.4 is 11.2 Å². The molecular weight excluding hydrogens is 218 g/mol. The van der Waals surface area contributed by atoms with Crippen molar-refractivity contribution >= 4 is 11.8 Å². The molecule has 0 spiro atoms. The average molecular weight is 233 g/mol. The Morgan fingerprint density at radius 2 is 1.76 bits per heavy atom. The van der Waals surface area contributed by atoms with Gasteiger partial charge in [0.25, 0.3) is 5.91 Å². The number of nitrogens with zero attached hydrogens (tertiary/aromatic N) is 1. The zero-order valence-corrected chi connectivity index (χ0v) is 9.48. The fourth-order valence-electron chi connectivity index (χ4n) is 1.79. The third-order valence-electron chi connectivity index (χ3n) is 2.77. The molecule has 2 amide bonds. The minimum atomic E-state index is -0.486. The number of rotatable bonds is 2. The SMILES string of the molecule is NC(=O)c1ccc(C(=O)N2CCCCN2)cc1. The highest BCUT2D eigenvalue weighted by molar-refractivity contribution is 5.97. The molecule has 1 aliphatic rings. The average Bonchev–Trinajstić information content (AvgIpc) is 2.39. The van der Waals surface area contributed by atoms with Crippen LogP contribution in [0.15, 0.2) is 24.3 Å². The molecule has 1 aliphatic heterocycles. The van der Waals surface area contributed by atoms with Gasteiger partial charge in [0.2, 0.25) is 5.91 Å². The molecule has 0 radical (unpaired) electrons. The van der Waals surface area contributed by atoms with E-state index >= 15 is 0 Å². The predicted octanol–water partition coefficient (Wildman–Crippen LogP) is 0.526. The first kappa shape index (κ1) is 11.6. The van der Waals surface area contributed by atoms with Gasteiger partial charge in [0.15, 0.2) is 0 Å². The molecule has 1 aromatic carbocycles. The Hall–Kier alpha value is -1.88. The van der Waals surface area contributed by atoms with Crippen LogP contribution in [-0.2, 0) is 0 Å². The molecule has 0 atom stereocenters. The van der Waals surface area contributed by atoms with Crippen molar-refractivity contribution in [3.63, 3.8) is 0 Å². The molecule has 0 saturated carbocycles. The highest BCUT2D eigenvalue weighted by atomic mass is 16.2. The molecule has 3 N–H and O–H groups in total. The van der Waals surface area contributed by atoms with Gasteiger partial charge in [-0.05, 0) is 37.1 Å². The molecule has 1 aromatic rings. The Morgan fingerprint density at radius 1 is 1.12 bits per heavy atom. The van der Waals surface area contributed by atoms with Gasteiger partial charge in [-0.25, -0.2) is 5.43 Å². The lowest BCUT2D eigenvalue weighted by Gasteiger charge is -2.27. The van der Waals surface area contributed by atoms with Crippen molar-refractivity contribution in [2.75, 3.05) is 13.1 Å². The Balaban J connectivity index is 2.10. The van der Waals surface area contributed by atoms with E-state index in [1.165, 1.54) is 0 Å². The highest BCUT2D eigenvalue weighted by Crippen LogP contribution is 2.09. The van der Waals surface area contributed by atoms with Gasteiger partial charge in [-0.15, -0.1) is 0 Å². The van der Waals surface area contributed by atoms with E-state index in [-0.39, 0.29) is 5.91 Å². The van der Waals surface area contributed by atoms with Crippen molar-refractivity contribution in [1.82, 2.24) is 10.4 Å². The van der Waals surface area contributed by atoms with Gasteiger partial charge in [0.1, 0.15) is 0 Å². The lowest BCUT2D eigenvalue weighted by Crippen LogP contribution is -2.46. The summed E-state index contributed by atoms with van der Waals surface area (Å²) in [7, 11) is 0. The molecule has 17 heavy (non-hydrogen) atoms. The maximum atomic E-state index is 12.0. The first-order valence-electron chi connectivity index (χ1n) is 5.64. The number of nitrogens with one attached hydrogen (secondary N) is 1. The molecule has 0 bridgehead atoms. The molecule has 0 aromatic heterocycles. The summed E-state index contributed by atoms with van der Waals surface area (Å²) in [5.74, 6) is -0.555. The van der Waals surface area contributed by atoms with Gasteiger partial charge in [-0.2, -0.15) is 0 Å². The third kappa shape index (κ3) is 2.62.